The zero-order valence-corrected chi connectivity index (χ0v) is 12.4. The zero-order chi connectivity index (χ0) is 16.6. The van der Waals surface area contributed by atoms with Gasteiger partial charge in [0.2, 0.25) is 5.78 Å². The fraction of sp³-hybridized carbons (Fsp3) is 0.462. The minimum Gasteiger partial charge on any atom is -0.290 e. The highest BCUT2D eigenvalue weighted by Crippen LogP contribution is 2.35. The van der Waals surface area contributed by atoms with Gasteiger partial charge < -0.3 is 0 Å². The van der Waals surface area contributed by atoms with Gasteiger partial charge in [0.25, 0.3) is 0 Å². The number of hydrogen-bond acceptors (Lipinski definition) is 3. The van der Waals surface area contributed by atoms with Crippen molar-refractivity contribution < 1.29 is 30.8 Å². The van der Waals surface area contributed by atoms with Crippen LogP contribution in [0.5, 0.6) is 0 Å². The SMILES string of the molecule is CC(C)(CC(=O)C(F)(F)F)c1ccc(F)cc1S(C)(=O)=O. The molecule has 1 rings (SSSR count). The first kappa shape index (κ1) is 17.6. The van der Waals surface area contributed by atoms with Gasteiger partial charge in [0.05, 0.1) is 4.90 Å². The van der Waals surface area contributed by atoms with E-state index in [1.807, 2.05) is 0 Å². The summed E-state index contributed by atoms with van der Waals surface area (Å²) in [5, 5.41) is 0. The van der Waals surface area contributed by atoms with Crippen LogP contribution in [0.15, 0.2) is 23.1 Å². The summed E-state index contributed by atoms with van der Waals surface area (Å²) in [6.07, 6.45) is -5.10. The van der Waals surface area contributed by atoms with Gasteiger partial charge in [-0.15, -0.1) is 0 Å². The Morgan fingerprint density at radius 1 is 1.19 bits per heavy atom. The van der Waals surface area contributed by atoms with Crippen molar-refractivity contribution in [1.29, 1.82) is 0 Å². The molecule has 0 aliphatic rings. The van der Waals surface area contributed by atoms with Gasteiger partial charge in [0.15, 0.2) is 9.84 Å². The summed E-state index contributed by atoms with van der Waals surface area (Å²) in [5.41, 5.74) is -1.43. The average molecular weight is 326 g/mol. The molecule has 0 unspecified atom stereocenters. The minimum absolute atomic E-state index is 0.0241. The van der Waals surface area contributed by atoms with Gasteiger partial charge >= 0.3 is 6.18 Å². The van der Waals surface area contributed by atoms with Gasteiger partial charge in [0, 0.05) is 12.7 Å². The second-order valence-electron chi connectivity index (χ2n) is 5.39. The highest BCUT2D eigenvalue weighted by molar-refractivity contribution is 7.90. The topological polar surface area (TPSA) is 51.2 Å². The van der Waals surface area contributed by atoms with Crippen LogP contribution < -0.4 is 0 Å². The largest absolute Gasteiger partial charge is 0.450 e. The minimum atomic E-state index is -5.00. The number of halogens is 4. The lowest BCUT2D eigenvalue weighted by atomic mass is 9.80. The fourth-order valence-corrected chi connectivity index (χ4v) is 3.03. The fourth-order valence-electron chi connectivity index (χ4n) is 1.96. The number of sulfone groups is 1. The molecule has 0 aromatic heterocycles. The highest BCUT2D eigenvalue weighted by Gasteiger charge is 2.42. The summed E-state index contributed by atoms with van der Waals surface area (Å²) < 4.78 is 73.6. The summed E-state index contributed by atoms with van der Waals surface area (Å²) >= 11 is 0. The molecule has 0 saturated heterocycles. The normalized spacial score (nSPS) is 13.3. The van der Waals surface area contributed by atoms with Crippen molar-refractivity contribution >= 4 is 15.6 Å². The Morgan fingerprint density at radius 2 is 1.71 bits per heavy atom. The predicted octanol–water partition coefficient (Wildman–Crippen LogP) is 3.03. The Morgan fingerprint density at radius 3 is 2.14 bits per heavy atom. The molecule has 0 spiro atoms. The molecule has 1 aromatic rings. The second-order valence-corrected chi connectivity index (χ2v) is 7.38. The van der Waals surface area contributed by atoms with Crippen LogP contribution in [0.3, 0.4) is 0 Å². The Labute approximate surface area is 119 Å². The van der Waals surface area contributed by atoms with Gasteiger partial charge in [-0.3, -0.25) is 4.79 Å². The molecule has 0 aliphatic carbocycles. The molecule has 118 valence electrons. The van der Waals surface area contributed by atoms with Gasteiger partial charge in [-0.05, 0) is 23.1 Å². The molecule has 21 heavy (non-hydrogen) atoms. The van der Waals surface area contributed by atoms with Crippen LogP contribution in [-0.4, -0.2) is 26.6 Å². The third kappa shape index (κ3) is 4.26. The summed E-state index contributed by atoms with van der Waals surface area (Å²) in [6.45, 7) is 2.61. The number of benzene rings is 1. The number of carbonyl (C=O) groups is 1. The van der Waals surface area contributed by atoms with E-state index in [1.54, 1.807) is 0 Å². The monoisotopic (exact) mass is 326 g/mol. The third-order valence-electron chi connectivity index (χ3n) is 2.99. The Hall–Kier alpha value is -1.44. The van der Waals surface area contributed by atoms with Crippen molar-refractivity contribution in [3.8, 4) is 0 Å². The van der Waals surface area contributed by atoms with Crippen molar-refractivity contribution in [2.45, 2.75) is 36.8 Å². The van der Waals surface area contributed by atoms with Crippen LogP contribution in [0, 0.1) is 5.82 Å². The van der Waals surface area contributed by atoms with E-state index in [-0.39, 0.29) is 5.56 Å². The van der Waals surface area contributed by atoms with Crippen LogP contribution in [0.25, 0.3) is 0 Å². The molecular formula is C13H14F4O3S. The number of alkyl halides is 3. The standard InChI is InChI=1S/C13H14F4O3S/c1-12(2,7-11(18)13(15,16)17)9-5-4-8(14)6-10(9)21(3,19)20/h4-6H,7H2,1-3H3. The third-order valence-corrected chi connectivity index (χ3v) is 4.13. The zero-order valence-electron chi connectivity index (χ0n) is 11.6. The maximum atomic E-state index is 13.2. The van der Waals surface area contributed by atoms with E-state index < -0.39 is 44.3 Å². The molecule has 0 saturated carbocycles. The van der Waals surface area contributed by atoms with Crippen molar-refractivity contribution in [2.24, 2.45) is 0 Å². The molecule has 1 aromatic carbocycles. The summed E-state index contributed by atoms with van der Waals surface area (Å²) in [4.78, 5) is 10.7. The van der Waals surface area contributed by atoms with E-state index in [0.29, 0.717) is 0 Å². The Balaban J connectivity index is 3.36. The average Bonchev–Trinajstić information content (AvgIpc) is 2.25. The van der Waals surface area contributed by atoms with Crippen LogP contribution in [0.4, 0.5) is 17.6 Å². The lowest BCUT2D eigenvalue weighted by Gasteiger charge is -2.27. The molecule has 0 N–H and O–H groups in total. The molecule has 0 fully saturated rings. The maximum Gasteiger partial charge on any atom is 0.450 e. The Bertz CT molecular complexity index is 660. The van der Waals surface area contributed by atoms with E-state index in [9.17, 15) is 30.8 Å². The first-order chi connectivity index (χ1) is 9.25. The van der Waals surface area contributed by atoms with Crippen molar-refractivity contribution in [2.75, 3.05) is 6.26 Å². The quantitative estimate of drug-likeness (QED) is 0.799. The molecule has 0 heterocycles. The molecule has 8 heteroatoms. The maximum absolute atomic E-state index is 13.2. The molecule has 0 bridgehead atoms. The predicted molar refractivity (Wildman–Crippen MR) is 68.2 cm³/mol. The molecular weight excluding hydrogens is 312 g/mol. The van der Waals surface area contributed by atoms with Crippen molar-refractivity contribution in [1.82, 2.24) is 0 Å². The van der Waals surface area contributed by atoms with E-state index in [1.165, 1.54) is 13.8 Å². The van der Waals surface area contributed by atoms with Crippen LogP contribution in [0.2, 0.25) is 0 Å². The van der Waals surface area contributed by atoms with Crippen LogP contribution >= 0.6 is 0 Å². The molecule has 0 atom stereocenters. The number of ketones is 1. The Kier molecular flexibility index (Phi) is 4.53. The van der Waals surface area contributed by atoms with Gasteiger partial charge in [-0.1, -0.05) is 19.9 Å². The molecule has 0 aliphatic heterocycles. The summed E-state index contributed by atoms with van der Waals surface area (Å²) in [7, 11) is -3.84. The number of carbonyl (C=O) groups excluding carboxylic acids is 1. The van der Waals surface area contributed by atoms with Gasteiger partial charge in [-0.2, -0.15) is 13.2 Å². The van der Waals surface area contributed by atoms with Gasteiger partial charge in [0.1, 0.15) is 5.82 Å². The lowest BCUT2D eigenvalue weighted by Crippen LogP contribution is -2.32. The van der Waals surface area contributed by atoms with E-state index in [2.05, 4.69) is 0 Å². The first-order valence-corrected chi connectivity index (χ1v) is 7.74. The smallest absolute Gasteiger partial charge is 0.290 e. The second kappa shape index (κ2) is 5.40. The van der Waals surface area contributed by atoms with E-state index in [0.717, 1.165) is 24.5 Å². The lowest BCUT2D eigenvalue weighted by molar-refractivity contribution is -0.172. The van der Waals surface area contributed by atoms with Crippen LogP contribution in [-0.2, 0) is 20.0 Å². The molecule has 3 nitrogen and oxygen atoms in total. The van der Waals surface area contributed by atoms with Crippen molar-refractivity contribution in [3.63, 3.8) is 0 Å². The highest BCUT2D eigenvalue weighted by atomic mass is 32.2. The summed E-state index contributed by atoms with van der Waals surface area (Å²) in [6, 6.07) is 2.78. The first-order valence-electron chi connectivity index (χ1n) is 5.85. The molecule has 0 amide bonds. The van der Waals surface area contributed by atoms with Gasteiger partial charge in [-0.25, -0.2) is 12.8 Å². The van der Waals surface area contributed by atoms with E-state index >= 15 is 0 Å². The van der Waals surface area contributed by atoms with Crippen LogP contribution in [0.1, 0.15) is 25.8 Å². The number of Topliss-reactive ketones (excluding diaryl/α,β-unsaturated/α-hetero) is 1. The number of hydrogen-bond donors (Lipinski definition) is 0. The van der Waals surface area contributed by atoms with E-state index in [4.69, 9.17) is 0 Å². The summed E-state index contributed by atoms with van der Waals surface area (Å²) in [5.74, 6) is -2.78. The van der Waals surface area contributed by atoms with Crippen molar-refractivity contribution in [3.05, 3.63) is 29.6 Å². The number of rotatable bonds is 4. The molecule has 0 radical (unpaired) electrons.